The van der Waals surface area contributed by atoms with Gasteiger partial charge in [0.1, 0.15) is 5.82 Å². The summed E-state index contributed by atoms with van der Waals surface area (Å²) in [7, 11) is 0. The van der Waals surface area contributed by atoms with Gasteiger partial charge in [-0.2, -0.15) is 0 Å². The third kappa shape index (κ3) is 5.11. The lowest BCUT2D eigenvalue weighted by atomic mass is 9.96. The second-order valence-electron chi connectivity index (χ2n) is 9.19. The second kappa shape index (κ2) is 10.1. The molecular formula is C29H30N4O2. The van der Waals surface area contributed by atoms with Crippen molar-refractivity contribution < 1.29 is 9.59 Å². The van der Waals surface area contributed by atoms with Crippen LogP contribution in [0.25, 0.3) is 22.4 Å². The van der Waals surface area contributed by atoms with Gasteiger partial charge in [-0.15, -0.1) is 0 Å². The molecule has 3 aromatic carbocycles. The fourth-order valence-corrected chi connectivity index (χ4v) is 4.78. The van der Waals surface area contributed by atoms with Gasteiger partial charge in [-0.1, -0.05) is 66.7 Å². The Balaban J connectivity index is 1.28. The molecule has 1 aliphatic rings. The summed E-state index contributed by atoms with van der Waals surface area (Å²) < 4.78 is 2.26. The van der Waals surface area contributed by atoms with E-state index in [0.29, 0.717) is 19.6 Å². The van der Waals surface area contributed by atoms with Crippen molar-refractivity contribution in [1.82, 2.24) is 19.8 Å². The monoisotopic (exact) mass is 466 g/mol. The second-order valence-corrected chi connectivity index (χ2v) is 9.19. The number of fused-ring (bicyclic) bond motifs is 1. The molecule has 0 spiro atoms. The lowest BCUT2D eigenvalue weighted by Crippen LogP contribution is -2.42. The summed E-state index contributed by atoms with van der Waals surface area (Å²) >= 11 is 0. The van der Waals surface area contributed by atoms with Crippen LogP contribution in [0.3, 0.4) is 0 Å². The summed E-state index contributed by atoms with van der Waals surface area (Å²) in [5.41, 5.74) is 5.41. The van der Waals surface area contributed by atoms with Crippen LogP contribution in [0, 0.1) is 5.92 Å². The minimum Gasteiger partial charge on any atom is -0.352 e. The van der Waals surface area contributed by atoms with Crippen molar-refractivity contribution in [1.29, 1.82) is 0 Å². The maximum Gasteiger partial charge on any atom is 0.223 e. The van der Waals surface area contributed by atoms with Gasteiger partial charge in [0.05, 0.1) is 11.0 Å². The maximum atomic E-state index is 12.6. The van der Waals surface area contributed by atoms with Crippen molar-refractivity contribution in [2.24, 2.45) is 5.92 Å². The number of benzene rings is 3. The van der Waals surface area contributed by atoms with Gasteiger partial charge in [-0.05, 0) is 36.1 Å². The number of imidazole rings is 1. The van der Waals surface area contributed by atoms with Gasteiger partial charge in [0.2, 0.25) is 11.8 Å². The summed E-state index contributed by atoms with van der Waals surface area (Å²) in [4.78, 5) is 30.9. The molecular weight excluding hydrogens is 436 g/mol. The van der Waals surface area contributed by atoms with Crippen LogP contribution in [0.4, 0.5) is 0 Å². The molecule has 0 bridgehead atoms. The van der Waals surface area contributed by atoms with Crippen molar-refractivity contribution in [3.8, 4) is 11.4 Å². The number of nitrogens with one attached hydrogen (secondary N) is 1. The molecule has 1 fully saturated rings. The molecule has 0 radical (unpaired) electrons. The molecule has 1 aromatic heterocycles. The Morgan fingerprint density at radius 1 is 0.886 bits per heavy atom. The van der Waals surface area contributed by atoms with E-state index in [0.717, 1.165) is 47.4 Å². The number of aromatic nitrogens is 2. The van der Waals surface area contributed by atoms with E-state index in [9.17, 15) is 9.59 Å². The van der Waals surface area contributed by atoms with Crippen molar-refractivity contribution >= 4 is 22.8 Å². The molecule has 2 amide bonds. The van der Waals surface area contributed by atoms with Crippen LogP contribution < -0.4 is 5.32 Å². The standard InChI is InChI=1S/C29H30N4O2/c1-21(34)32-17-15-25(16-18-32)29(35)30-19-22-11-13-24(14-12-22)28-31-26-9-5-6-10-27(26)33(28)20-23-7-3-2-4-8-23/h2-14,25H,15-20H2,1H3,(H,30,35). The molecule has 0 unspecified atom stereocenters. The van der Waals surface area contributed by atoms with Gasteiger partial charge < -0.3 is 14.8 Å². The SMILES string of the molecule is CC(=O)N1CCC(C(=O)NCc2ccc(-c3nc4ccccc4n3Cc3ccccc3)cc2)CC1. The minimum absolute atomic E-state index is 0.0252. The van der Waals surface area contributed by atoms with Crippen molar-refractivity contribution in [2.75, 3.05) is 13.1 Å². The third-order valence-corrected chi connectivity index (χ3v) is 6.83. The average molecular weight is 467 g/mol. The zero-order valence-corrected chi connectivity index (χ0v) is 20.0. The quantitative estimate of drug-likeness (QED) is 0.451. The van der Waals surface area contributed by atoms with E-state index in [4.69, 9.17) is 4.98 Å². The van der Waals surface area contributed by atoms with E-state index in [1.165, 1.54) is 5.56 Å². The molecule has 0 aliphatic carbocycles. The first-order valence-corrected chi connectivity index (χ1v) is 12.2. The topological polar surface area (TPSA) is 67.2 Å². The number of likely N-dealkylation sites (tertiary alicyclic amines) is 1. The van der Waals surface area contributed by atoms with Crippen LogP contribution in [-0.2, 0) is 22.7 Å². The molecule has 178 valence electrons. The molecule has 4 aromatic rings. The molecule has 35 heavy (non-hydrogen) atoms. The summed E-state index contributed by atoms with van der Waals surface area (Å²) in [6.45, 7) is 4.14. The van der Waals surface area contributed by atoms with Gasteiger partial charge in [0, 0.05) is 44.6 Å². The van der Waals surface area contributed by atoms with Gasteiger partial charge >= 0.3 is 0 Å². The van der Waals surface area contributed by atoms with Crippen molar-refractivity contribution in [2.45, 2.75) is 32.9 Å². The van der Waals surface area contributed by atoms with Crippen LogP contribution in [0.1, 0.15) is 30.9 Å². The van der Waals surface area contributed by atoms with E-state index in [1.807, 2.05) is 29.2 Å². The summed E-state index contributed by atoms with van der Waals surface area (Å²) in [6, 6.07) is 26.9. The summed E-state index contributed by atoms with van der Waals surface area (Å²) in [5, 5.41) is 3.07. The lowest BCUT2D eigenvalue weighted by Gasteiger charge is -2.30. The highest BCUT2D eigenvalue weighted by Gasteiger charge is 2.25. The molecule has 6 heteroatoms. The Hall–Kier alpha value is -3.93. The first-order valence-electron chi connectivity index (χ1n) is 12.2. The van der Waals surface area contributed by atoms with E-state index in [2.05, 4.69) is 64.5 Å². The van der Waals surface area contributed by atoms with Gasteiger partial charge in [0.25, 0.3) is 0 Å². The van der Waals surface area contributed by atoms with Crippen molar-refractivity contribution in [3.05, 3.63) is 90.0 Å². The number of para-hydroxylation sites is 2. The van der Waals surface area contributed by atoms with Crippen LogP contribution in [0.15, 0.2) is 78.9 Å². The zero-order chi connectivity index (χ0) is 24.2. The van der Waals surface area contributed by atoms with E-state index >= 15 is 0 Å². The molecule has 0 atom stereocenters. The lowest BCUT2D eigenvalue weighted by molar-refractivity contribution is -0.134. The number of carbonyl (C=O) groups excluding carboxylic acids is 2. The molecule has 6 nitrogen and oxygen atoms in total. The molecule has 5 rings (SSSR count). The van der Waals surface area contributed by atoms with Gasteiger partial charge in [0.15, 0.2) is 0 Å². The average Bonchev–Trinajstić information content (AvgIpc) is 3.26. The molecule has 2 heterocycles. The number of nitrogens with zero attached hydrogens (tertiary/aromatic N) is 3. The van der Waals surface area contributed by atoms with E-state index in [1.54, 1.807) is 6.92 Å². The van der Waals surface area contributed by atoms with Crippen LogP contribution in [-0.4, -0.2) is 39.4 Å². The molecule has 1 aliphatic heterocycles. The summed E-state index contributed by atoms with van der Waals surface area (Å²) in [6.07, 6.45) is 1.45. The highest BCUT2D eigenvalue weighted by molar-refractivity contribution is 5.81. The summed E-state index contributed by atoms with van der Waals surface area (Å²) in [5.74, 6) is 1.06. The molecule has 0 saturated carbocycles. The predicted molar refractivity (Wildman–Crippen MR) is 138 cm³/mol. The van der Waals surface area contributed by atoms with Crippen LogP contribution in [0.2, 0.25) is 0 Å². The van der Waals surface area contributed by atoms with E-state index in [-0.39, 0.29) is 17.7 Å². The number of hydrogen-bond donors (Lipinski definition) is 1. The largest absolute Gasteiger partial charge is 0.352 e. The Morgan fingerprint density at radius 3 is 2.29 bits per heavy atom. The molecule has 1 N–H and O–H groups in total. The van der Waals surface area contributed by atoms with Crippen LogP contribution >= 0.6 is 0 Å². The van der Waals surface area contributed by atoms with Crippen LogP contribution in [0.5, 0.6) is 0 Å². The number of amides is 2. The number of piperidine rings is 1. The predicted octanol–water partition coefficient (Wildman–Crippen LogP) is 4.63. The van der Waals surface area contributed by atoms with E-state index < -0.39 is 0 Å². The third-order valence-electron chi connectivity index (χ3n) is 6.83. The van der Waals surface area contributed by atoms with Gasteiger partial charge in [-0.3, -0.25) is 9.59 Å². The zero-order valence-electron chi connectivity index (χ0n) is 20.0. The Labute approximate surface area is 205 Å². The Kier molecular flexibility index (Phi) is 6.62. The Morgan fingerprint density at radius 2 is 1.57 bits per heavy atom. The fraction of sp³-hybridized carbons (Fsp3) is 0.276. The number of hydrogen-bond acceptors (Lipinski definition) is 3. The first kappa shape index (κ1) is 22.8. The number of carbonyl (C=O) groups is 2. The highest BCUT2D eigenvalue weighted by Crippen LogP contribution is 2.26. The Bertz CT molecular complexity index is 1320. The normalized spacial score (nSPS) is 14.3. The highest BCUT2D eigenvalue weighted by atomic mass is 16.2. The fourth-order valence-electron chi connectivity index (χ4n) is 4.78. The van der Waals surface area contributed by atoms with Gasteiger partial charge in [-0.25, -0.2) is 4.98 Å². The smallest absolute Gasteiger partial charge is 0.223 e. The minimum atomic E-state index is -0.0252. The van der Waals surface area contributed by atoms with Crippen molar-refractivity contribution in [3.63, 3.8) is 0 Å². The number of rotatable bonds is 6. The maximum absolute atomic E-state index is 12.6. The molecule has 1 saturated heterocycles. The first-order chi connectivity index (χ1) is 17.1.